The van der Waals surface area contributed by atoms with Crippen LogP contribution in [0.2, 0.25) is 0 Å². The minimum atomic E-state index is 0.00185. The third kappa shape index (κ3) is 3.02. The maximum Gasteiger partial charge on any atom is 0.159 e. The average molecular weight is 384 g/mol. The number of furan rings is 1. The number of aryl methyl sites for hydroxylation is 1. The van der Waals surface area contributed by atoms with Gasteiger partial charge >= 0.3 is 0 Å². The first-order chi connectivity index (χ1) is 14.2. The van der Waals surface area contributed by atoms with Crippen LogP contribution in [-0.4, -0.2) is 27.6 Å². The van der Waals surface area contributed by atoms with E-state index in [1.165, 1.54) is 0 Å². The molecule has 4 heterocycles. The van der Waals surface area contributed by atoms with E-state index in [-0.39, 0.29) is 6.04 Å². The van der Waals surface area contributed by atoms with Gasteiger partial charge in [-0.15, -0.1) is 0 Å². The van der Waals surface area contributed by atoms with E-state index in [4.69, 9.17) is 19.2 Å². The van der Waals surface area contributed by atoms with Crippen LogP contribution in [0, 0.1) is 6.92 Å². The first-order valence-corrected chi connectivity index (χ1v) is 9.49. The standard InChI is InChI=1S/C23H20N4O2/c1-15-22(16-7-9-18(28-2)10-8-16)23-25-19(21-6-4-12-29-21)13-20(27(23)26-15)17-5-3-11-24-14-17/h3-12,14,20H,13H2,1-2H3. The molecule has 0 fully saturated rings. The van der Waals surface area contributed by atoms with Gasteiger partial charge in [0, 0.05) is 24.4 Å². The number of pyridine rings is 1. The first kappa shape index (κ1) is 17.4. The number of hydrogen-bond donors (Lipinski definition) is 0. The molecular formula is C23H20N4O2. The fraction of sp³-hybridized carbons (Fsp3) is 0.174. The average Bonchev–Trinajstić information content (AvgIpc) is 3.41. The lowest BCUT2D eigenvalue weighted by atomic mass is 9.98. The molecule has 1 unspecified atom stereocenters. The van der Waals surface area contributed by atoms with Crippen LogP contribution in [0.1, 0.15) is 29.5 Å². The smallest absolute Gasteiger partial charge is 0.159 e. The van der Waals surface area contributed by atoms with Crippen molar-refractivity contribution in [3.63, 3.8) is 0 Å². The summed E-state index contributed by atoms with van der Waals surface area (Å²) in [5.41, 5.74) is 5.01. The highest BCUT2D eigenvalue weighted by Gasteiger charge is 2.30. The highest BCUT2D eigenvalue weighted by molar-refractivity contribution is 6.02. The van der Waals surface area contributed by atoms with Crippen LogP contribution >= 0.6 is 0 Å². The summed E-state index contributed by atoms with van der Waals surface area (Å²) in [5.74, 6) is 2.43. The zero-order valence-corrected chi connectivity index (χ0v) is 16.2. The summed E-state index contributed by atoms with van der Waals surface area (Å²) < 4.78 is 13.0. The number of fused-ring (bicyclic) bond motifs is 1. The summed E-state index contributed by atoms with van der Waals surface area (Å²) in [4.78, 5) is 9.28. The lowest BCUT2D eigenvalue weighted by molar-refractivity contribution is 0.415. The van der Waals surface area contributed by atoms with Gasteiger partial charge in [0.1, 0.15) is 11.5 Å². The number of hydrogen-bond acceptors (Lipinski definition) is 5. The first-order valence-electron chi connectivity index (χ1n) is 9.49. The Bertz CT molecular complexity index is 1160. The predicted molar refractivity (Wildman–Crippen MR) is 111 cm³/mol. The van der Waals surface area contributed by atoms with Crippen LogP contribution in [0.25, 0.3) is 11.1 Å². The molecule has 1 aliphatic rings. The van der Waals surface area contributed by atoms with Gasteiger partial charge in [-0.25, -0.2) is 9.67 Å². The monoisotopic (exact) mass is 384 g/mol. The van der Waals surface area contributed by atoms with Crippen LogP contribution < -0.4 is 4.74 Å². The van der Waals surface area contributed by atoms with E-state index in [9.17, 15) is 0 Å². The molecule has 5 rings (SSSR count). The Hall–Kier alpha value is -3.67. The number of methoxy groups -OCH3 is 1. The number of benzene rings is 1. The normalized spacial score (nSPS) is 15.7. The van der Waals surface area contributed by atoms with Gasteiger partial charge in [0.05, 0.1) is 30.8 Å². The Morgan fingerprint density at radius 3 is 2.66 bits per heavy atom. The van der Waals surface area contributed by atoms with Gasteiger partial charge in [0.25, 0.3) is 0 Å². The lowest BCUT2D eigenvalue weighted by Gasteiger charge is -2.24. The third-order valence-corrected chi connectivity index (χ3v) is 5.24. The van der Waals surface area contributed by atoms with Crippen LogP contribution in [0.15, 0.2) is 76.6 Å². The molecule has 0 aliphatic carbocycles. The summed E-state index contributed by atoms with van der Waals surface area (Å²) >= 11 is 0. The second kappa shape index (κ2) is 7.05. The van der Waals surface area contributed by atoms with Crippen LogP contribution in [-0.2, 0) is 0 Å². The molecule has 0 amide bonds. The number of rotatable bonds is 4. The Morgan fingerprint density at radius 1 is 1.10 bits per heavy atom. The molecule has 0 N–H and O–H groups in total. The molecular weight excluding hydrogens is 364 g/mol. The second-order valence-electron chi connectivity index (χ2n) is 7.00. The fourth-order valence-corrected chi connectivity index (χ4v) is 3.83. The Kier molecular flexibility index (Phi) is 4.24. The molecule has 29 heavy (non-hydrogen) atoms. The van der Waals surface area contributed by atoms with Crippen molar-refractivity contribution in [3.05, 3.63) is 84.2 Å². The molecule has 0 saturated carbocycles. The van der Waals surface area contributed by atoms with E-state index in [0.29, 0.717) is 6.42 Å². The van der Waals surface area contributed by atoms with Crippen molar-refractivity contribution in [2.45, 2.75) is 19.4 Å². The van der Waals surface area contributed by atoms with Crippen LogP contribution in [0.4, 0.5) is 5.82 Å². The Morgan fingerprint density at radius 2 is 1.97 bits per heavy atom. The Balaban J connectivity index is 1.70. The molecule has 1 atom stereocenters. The minimum Gasteiger partial charge on any atom is -0.497 e. The second-order valence-corrected chi connectivity index (χ2v) is 7.00. The molecule has 3 aromatic heterocycles. The maximum absolute atomic E-state index is 5.66. The molecule has 0 radical (unpaired) electrons. The van der Waals surface area contributed by atoms with Crippen LogP contribution in [0.5, 0.6) is 5.75 Å². The van der Waals surface area contributed by atoms with E-state index in [0.717, 1.165) is 45.4 Å². The van der Waals surface area contributed by atoms with Gasteiger partial charge in [-0.05, 0) is 48.4 Å². The van der Waals surface area contributed by atoms with E-state index < -0.39 is 0 Å². The minimum absolute atomic E-state index is 0.00185. The molecule has 1 aliphatic heterocycles. The van der Waals surface area contributed by atoms with Crippen LogP contribution in [0.3, 0.4) is 0 Å². The number of aliphatic imine (C=N–C) groups is 1. The van der Waals surface area contributed by atoms with Gasteiger partial charge in [-0.2, -0.15) is 5.10 Å². The highest BCUT2D eigenvalue weighted by atomic mass is 16.5. The summed E-state index contributed by atoms with van der Waals surface area (Å²) in [6.45, 7) is 2.02. The summed E-state index contributed by atoms with van der Waals surface area (Å²) in [5, 5.41) is 4.86. The fourth-order valence-electron chi connectivity index (χ4n) is 3.83. The van der Waals surface area contributed by atoms with E-state index in [2.05, 4.69) is 11.1 Å². The van der Waals surface area contributed by atoms with Crippen molar-refractivity contribution < 1.29 is 9.15 Å². The predicted octanol–water partition coefficient (Wildman–Crippen LogP) is 4.97. The van der Waals surface area contributed by atoms with Gasteiger partial charge in [0.15, 0.2) is 5.82 Å². The lowest BCUT2D eigenvalue weighted by Crippen LogP contribution is -2.21. The molecule has 6 nitrogen and oxygen atoms in total. The largest absolute Gasteiger partial charge is 0.497 e. The molecule has 0 spiro atoms. The van der Waals surface area contributed by atoms with Crippen molar-refractivity contribution >= 4 is 11.5 Å². The molecule has 0 saturated heterocycles. The summed E-state index contributed by atoms with van der Waals surface area (Å²) in [6, 6.07) is 15.9. The van der Waals surface area contributed by atoms with E-state index in [1.807, 2.05) is 60.3 Å². The zero-order chi connectivity index (χ0) is 19.8. The number of aromatic nitrogens is 3. The summed E-state index contributed by atoms with van der Waals surface area (Å²) in [6.07, 6.45) is 6.04. The highest BCUT2D eigenvalue weighted by Crippen LogP contribution is 2.41. The van der Waals surface area contributed by atoms with Gasteiger partial charge in [0.2, 0.25) is 0 Å². The van der Waals surface area contributed by atoms with E-state index in [1.54, 1.807) is 19.6 Å². The SMILES string of the molecule is COc1ccc(-c2c(C)nn3c2N=C(c2ccco2)CC3c2cccnc2)cc1. The molecule has 4 aromatic rings. The molecule has 0 bridgehead atoms. The topological polar surface area (TPSA) is 65.4 Å². The van der Waals surface area contributed by atoms with Crippen molar-refractivity contribution in [1.82, 2.24) is 14.8 Å². The quantitative estimate of drug-likeness (QED) is 0.498. The molecule has 6 heteroatoms. The van der Waals surface area contributed by atoms with Crippen molar-refractivity contribution in [3.8, 4) is 16.9 Å². The van der Waals surface area contributed by atoms with Gasteiger partial charge in [-0.3, -0.25) is 4.98 Å². The van der Waals surface area contributed by atoms with E-state index >= 15 is 0 Å². The van der Waals surface area contributed by atoms with Crippen molar-refractivity contribution in [1.29, 1.82) is 0 Å². The zero-order valence-electron chi connectivity index (χ0n) is 16.2. The number of ether oxygens (including phenoxy) is 1. The molecule has 1 aromatic carbocycles. The van der Waals surface area contributed by atoms with Gasteiger partial charge in [-0.1, -0.05) is 18.2 Å². The number of nitrogens with zero attached hydrogens (tertiary/aromatic N) is 4. The van der Waals surface area contributed by atoms with Gasteiger partial charge < -0.3 is 9.15 Å². The molecule has 144 valence electrons. The Labute approximate surface area is 168 Å². The summed E-state index contributed by atoms with van der Waals surface area (Å²) in [7, 11) is 1.67. The third-order valence-electron chi connectivity index (χ3n) is 5.24. The van der Waals surface area contributed by atoms with Crippen molar-refractivity contribution in [2.24, 2.45) is 4.99 Å². The van der Waals surface area contributed by atoms with Crippen molar-refractivity contribution in [2.75, 3.05) is 7.11 Å². The maximum atomic E-state index is 5.66.